The number of hydrogen-bond acceptors (Lipinski definition) is 3. The molecule has 0 spiro atoms. The molecule has 0 bridgehead atoms. The highest BCUT2D eigenvalue weighted by Crippen LogP contribution is 2.32. The van der Waals surface area contributed by atoms with Crippen molar-refractivity contribution >= 4 is 24.2 Å². The molecule has 5 nitrogen and oxygen atoms in total. The summed E-state index contributed by atoms with van der Waals surface area (Å²) in [5, 5.41) is 2.93. The Kier molecular flexibility index (Phi) is 8.77. The zero-order valence-corrected chi connectivity index (χ0v) is 17.6. The summed E-state index contributed by atoms with van der Waals surface area (Å²) >= 11 is 0. The molecule has 28 heavy (non-hydrogen) atoms. The van der Waals surface area contributed by atoms with Gasteiger partial charge in [-0.2, -0.15) is 0 Å². The second kappa shape index (κ2) is 10.8. The Morgan fingerprint density at radius 1 is 1.14 bits per heavy atom. The predicted octanol–water partition coefficient (Wildman–Crippen LogP) is 3.08. The Hall–Kier alpha value is -1.59. The number of halogens is 1. The molecule has 1 saturated heterocycles. The van der Waals surface area contributed by atoms with Crippen LogP contribution in [-0.4, -0.2) is 42.4 Å². The van der Waals surface area contributed by atoms with Gasteiger partial charge in [-0.1, -0.05) is 49.6 Å². The molecular formula is C22H34ClN3O2. The Labute approximate surface area is 174 Å². The Balaban J connectivity index is 0.00000280. The van der Waals surface area contributed by atoms with E-state index in [0.717, 1.165) is 12.8 Å². The van der Waals surface area contributed by atoms with Crippen LogP contribution in [0, 0.1) is 11.8 Å². The summed E-state index contributed by atoms with van der Waals surface area (Å²) in [7, 11) is 0. The van der Waals surface area contributed by atoms with E-state index >= 15 is 0 Å². The fourth-order valence-electron chi connectivity index (χ4n) is 4.66. The molecule has 0 radical (unpaired) electrons. The average Bonchev–Trinajstić information content (AvgIpc) is 3.13. The Bertz CT molecular complexity index is 634. The van der Waals surface area contributed by atoms with Crippen LogP contribution in [0.1, 0.15) is 56.9 Å². The van der Waals surface area contributed by atoms with Crippen LogP contribution in [0.25, 0.3) is 0 Å². The van der Waals surface area contributed by atoms with Gasteiger partial charge in [-0.15, -0.1) is 12.4 Å². The van der Waals surface area contributed by atoms with Crippen LogP contribution in [0.15, 0.2) is 30.3 Å². The van der Waals surface area contributed by atoms with Crippen LogP contribution in [0.3, 0.4) is 0 Å². The summed E-state index contributed by atoms with van der Waals surface area (Å²) < 4.78 is 0. The summed E-state index contributed by atoms with van der Waals surface area (Å²) in [4.78, 5) is 27.1. The normalized spacial score (nSPS) is 23.7. The lowest BCUT2D eigenvalue weighted by atomic mass is 9.87. The van der Waals surface area contributed by atoms with E-state index in [9.17, 15) is 9.59 Å². The molecular weight excluding hydrogens is 374 g/mol. The van der Waals surface area contributed by atoms with Crippen LogP contribution in [0.5, 0.6) is 0 Å². The minimum Gasteiger partial charge on any atom is -0.345 e. The third kappa shape index (κ3) is 5.71. The van der Waals surface area contributed by atoms with E-state index in [2.05, 4.69) is 17.4 Å². The number of hydrogen-bond donors (Lipinski definition) is 2. The van der Waals surface area contributed by atoms with Crippen molar-refractivity contribution in [1.82, 2.24) is 10.2 Å². The fourth-order valence-corrected chi connectivity index (χ4v) is 4.66. The predicted molar refractivity (Wildman–Crippen MR) is 114 cm³/mol. The summed E-state index contributed by atoms with van der Waals surface area (Å²) in [5.41, 5.74) is 7.21. The summed E-state index contributed by atoms with van der Waals surface area (Å²) in [6.07, 6.45) is 6.56. The van der Waals surface area contributed by atoms with Crippen LogP contribution in [0.2, 0.25) is 0 Å². The number of rotatable bonds is 6. The number of likely N-dealkylation sites (tertiary alicyclic amines) is 1. The maximum Gasteiger partial charge on any atom is 0.244 e. The first kappa shape index (κ1) is 22.7. The largest absolute Gasteiger partial charge is 0.345 e. The van der Waals surface area contributed by atoms with Crippen LogP contribution < -0.4 is 11.1 Å². The molecule has 6 heteroatoms. The highest BCUT2D eigenvalue weighted by atomic mass is 35.5. The molecule has 3 N–H and O–H groups in total. The van der Waals surface area contributed by atoms with Gasteiger partial charge in [0.05, 0.1) is 0 Å². The van der Waals surface area contributed by atoms with E-state index in [1.165, 1.54) is 24.8 Å². The van der Waals surface area contributed by atoms with Crippen LogP contribution in [0.4, 0.5) is 0 Å². The van der Waals surface area contributed by atoms with Gasteiger partial charge in [-0.05, 0) is 43.7 Å². The van der Waals surface area contributed by atoms with Crippen LogP contribution in [-0.2, 0) is 9.59 Å². The quantitative estimate of drug-likeness (QED) is 0.760. The second-order valence-corrected chi connectivity index (χ2v) is 8.25. The van der Waals surface area contributed by atoms with Crippen molar-refractivity contribution in [3.05, 3.63) is 35.9 Å². The van der Waals surface area contributed by atoms with Gasteiger partial charge in [0.15, 0.2) is 0 Å². The fraction of sp³-hybridized carbons (Fsp3) is 0.636. The van der Waals surface area contributed by atoms with Gasteiger partial charge in [-0.25, -0.2) is 0 Å². The second-order valence-electron chi connectivity index (χ2n) is 8.25. The lowest BCUT2D eigenvalue weighted by Crippen LogP contribution is -2.46. The minimum atomic E-state index is -0.478. The molecule has 1 aliphatic heterocycles. The molecule has 1 aromatic carbocycles. The Morgan fingerprint density at radius 3 is 2.46 bits per heavy atom. The molecule has 2 amide bonds. The van der Waals surface area contributed by atoms with Gasteiger partial charge in [0, 0.05) is 25.4 Å². The molecule has 156 valence electrons. The number of nitrogens with zero attached hydrogens (tertiary/aromatic N) is 1. The molecule has 0 aromatic heterocycles. The molecule has 2 fully saturated rings. The van der Waals surface area contributed by atoms with Gasteiger partial charge < -0.3 is 16.0 Å². The number of nitrogens with two attached hydrogens (primary N) is 1. The lowest BCUT2D eigenvalue weighted by molar-refractivity contribution is -0.135. The number of nitrogens with one attached hydrogen (secondary N) is 1. The van der Waals surface area contributed by atoms with Crippen molar-refractivity contribution < 1.29 is 9.59 Å². The maximum absolute atomic E-state index is 12.9. The average molecular weight is 408 g/mol. The van der Waals surface area contributed by atoms with Crippen molar-refractivity contribution in [3.8, 4) is 0 Å². The molecule has 1 aromatic rings. The third-order valence-electron chi connectivity index (χ3n) is 6.23. The highest BCUT2D eigenvalue weighted by Gasteiger charge is 2.36. The molecule has 1 heterocycles. The monoisotopic (exact) mass is 407 g/mol. The maximum atomic E-state index is 12.9. The number of amides is 2. The minimum absolute atomic E-state index is 0. The van der Waals surface area contributed by atoms with E-state index in [4.69, 9.17) is 5.73 Å². The molecule has 2 aliphatic rings. The van der Waals surface area contributed by atoms with Crippen molar-refractivity contribution in [3.63, 3.8) is 0 Å². The zero-order valence-electron chi connectivity index (χ0n) is 16.8. The number of carbonyl (C=O) groups excluding carboxylic acids is 2. The van der Waals surface area contributed by atoms with Crippen molar-refractivity contribution in [2.24, 2.45) is 17.6 Å². The standard InChI is InChI=1S/C22H33N3O2.ClH/c1-16(24-21(26)12-17-8-4-2-5-9-17)22(27)25-14-19(13-23)20(15-25)18-10-6-3-7-11-18;/h3,6-7,10-11,16-17,19-20H,2,4-5,8-9,12-15,23H2,1H3,(H,24,26);1H/t16?,19-,20+;/m1./s1. The van der Waals surface area contributed by atoms with Crippen LogP contribution >= 0.6 is 12.4 Å². The lowest BCUT2D eigenvalue weighted by Gasteiger charge is -2.24. The Morgan fingerprint density at radius 2 is 1.82 bits per heavy atom. The summed E-state index contributed by atoms with van der Waals surface area (Å²) in [6.45, 7) is 3.70. The van der Waals surface area contributed by atoms with E-state index in [1.54, 1.807) is 6.92 Å². The first-order valence-electron chi connectivity index (χ1n) is 10.4. The first-order chi connectivity index (χ1) is 13.1. The van der Waals surface area contributed by atoms with Crippen molar-refractivity contribution in [1.29, 1.82) is 0 Å². The molecule has 3 atom stereocenters. The smallest absolute Gasteiger partial charge is 0.244 e. The molecule has 1 unspecified atom stereocenters. The molecule has 1 aliphatic carbocycles. The SMILES string of the molecule is CC(NC(=O)CC1CCCCC1)C(=O)N1C[C@@H](CN)[C@H](c2ccccc2)C1.Cl. The van der Waals surface area contributed by atoms with Gasteiger partial charge in [0.1, 0.15) is 6.04 Å². The molecule has 1 saturated carbocycles. The highest BCUT2D eigenvalue weighted by molar-refractivity contribution is 5.87. The van der Waals surface area contributed by atoms with Gasteiger partial charge in [-0.3, -0.25) is 9.59 Å². The number of carbonyl (C=O) groups is 2. The summed E-state index contributed by atoms with van der Waals surface area (Å²) in [5.74, 6) is 1.03. The summed E-state index contributed by atoms with van der Waals surface area (Å²) in [6, 6.07) is 9.80. The number of benzene rings is 1. The van der Waals surface area contributed by atoms with Crippen molar-refractivity contribution in [2.45, 2.75) is 57.4 Å². The van der Waals surface area contributed by atoms with E-state index in [-0.39, 0.29) is 36.1 Å². The zero-order chi connectivity index (χ0) is 19.2. The topological polar surface area (TPSA) is 75.4 Å². The molecule has 3 rings (SSSR count). The van der Waals surface area contributed by atoms with Crippen molar-refractivity contribution in [2.75, 3.05) is 19.6 Å². The third-order valence-corrected chi connectivity index (χ3v) is 6.23. The van der Waals surface area contributed by atoms with E-state index in [0.29, 0.717) is 32.0 Å². The van der Waals surface area contributed by atoms with E-state index < -0.39 is 6.04 Å². The van der Waals surface area contributed by atoms with Gasteiger partial charge in [0.2, 0.25) is 11.8 Å². The van der Waals surface area contributed by atoms with Gasteiger partial charge in [0.25, 0.3) is 0 Å². The van der Waals surface area contributed by atoms with Gasteiger partial charge >= 0.3 is 0 Å². The van der Waals surface area contributed by atoms with E-state index in [1.807, 2.05) is 23.1 Å². The first-order valence-corrected chi connectivity index (χ1v) is 10.4.